The minimum absolute atomic E-state index is 0.262. The van der Waals surface area contributed by atoms with Crippen LogP contribution in [0.1, 0.15) is 10.5 Å². The van der Waals surface area contributed by atoms with E-state index in [1.165, 1.54) is 25.8 Å². The second-order valence-electron chi connectivity index (χ2n) is 8.65. The van der Waals surface area contributed by atoms with Crippen molar-refractivity contribution in [3.63, 3.8) is 0 Å². The Morgan fingerprint density at radius 1 is 1.08 bits per heavy atom. The Hall–Kier alpha value is -5.45. The van der Waals surface area contributed by atoms with Crippen LogP contribution in [0.2, 0.25) is 0 Å². The van der Waals surface area contributed by atoms with Gasteiger partial charge >= 0.3 is 0 Å². The second-order valence-corrected chi connectivity index (χ2v) is 8.65. The van der Waals surface area contributed by atoms with E-state index >= 15 is 0 Å². The fraction of sp³-hybridized carbons (Fsp3) is 0.0741. The van der Waals surface area contributed by atoms with Crippen molar-refractivity contribution in [1.82, 2.24) is 24.3 Å². The lowest BCUT2D eigenvalue weighted by molar-refractivity contribution is -0.605. The highest BCUT2D eigenvalue weighted by Gasteiger charge is 2.21. The lowest BCUT2D eigenvalue weighted by Crippen LogP contribution is -2.23. The zero-order valence-electron chi connectivity index (χ0n) is 20.5. The third-order valence-electron chi connectivity index (χ3n) is 6.43. The maximum Gasteiger partial charge on any atom is 0.272 e. The molecule has 6 aromatic rings. The van der Waals surface area contributed by atoms with E-state index in [0.717, 1.165) is 10.9 Å². The van der Waals surface area contributed by atoms with Crippen molar-refractivity contribution in [2.24, 2.45) is 7.05 Å². The number of nitrogens with zero attached hydrogens (tertiary/aromatic N) is 6. The summed E-state index contributed by atoms with van der Waals surface area (Å²) in [6, 6.07) is 18.3. The topological polar surface area (TPSA) is 140 Å². The summed E-state index contributed by atoms with van der Waals surface area (Å²) in [7, 11) is 3.39. The molecular weight excluding hydrogens is 484 g/mol. The van der Waals surface area contributed by atoms with E-state index in [2.05, 4.69) is 15.3 Å². The lowest BCUT2D eigenvalue weighted by atomic mass is 10.1. The zero-order valence-corrected chi connectivity index (χ0v) is 20.5. The Labute approximate surface area is 216 Å². The lowest BCUT2D eigenvalue weighted by Gasteiger charge is -2.12. The number of para-hydroxylation sites is 1. The first-order valence-corrected chi connectivity index (χ1v) is 11.7. The molecule has 1 amide bonds. The van der Waals surface area contributed by atoms with Crippen molar-refractivity contribution < 1.29 is 14.3 Å². The summed E-state index contributed by atoms with van der Waals surface area (Å²) in [5.74, 6) is 0.444. The van der Waals surface area contributed by atoms with E-state index in [4.69, 9.17) is 15.6 Å². The molecule has 0 fully saturated rings. The van der Waals surface area contributed by atoms with Crippen molar-refractivity contribution in [2.75, 3.05) is 18.2 Å². The number of anilines is 2. The minimum atomic E-state index is -0.262. The van der Waals surface area contributed by atoms with E-state index in [9.17, 15) is 10.0 Å². The average molecular weight is 507 g/mol. The van der Waals surface area contributed by atoms with E-state index in [1.807, 2.05) is 48.0 Å². The molecule has 188 valence electrons. The van der Waals surface area contributed by atoms with Crippen LogP contribution in [-0.4, -0.2) is 37.3 Å². The highest BCUT2D eigenvalue weighted by atomic mass is 16.5. The van der Waals surface area contributed by atoms with E-state index in [-0.39, 0.29) is 11.7 Å². The SMILES string of the molecule is COc1cc(-c2nn(-c3cc[n+]([O-])cc3)c3ncnc(N)c23)ccc1NC(=O)c1cc2ccccc2n1C. The van der Waals surface area contributed by atoms with Gasteiger partial charge in [0.05, 0.1) is 23.9 Å². The molecule has 2 aromatic carbocycles. The van der Waals surface area contributed by atoms with Crippen LogP contribution in [0.25, 0.3) is 38.9 Å². The van der Waals surface area contributed by atoms with E-state index in [0.29, 0.717) is 49.8 Å². The number of benzene rings is 2. The number of hydrogen-bond donors (Lipinski definition) is 2. The number of aromatic nitrogens is 6. The third kappa shape index (κ3) is 3.73. The number of carbonyl (C=O) groups is 1. The molecule has 0 atom stereocenters. The molecule has 4 heterocycles. The first-order chi connectivity index (χ1) is 18.4. The highest BCUT2D eigenvalue weighted by Crippen LogP contribution is 2.36. The van der Waals surface area contributed by atoms with Gasteiger partial charge in [0.25, 0.3) is 5.91 Å². The molecule has 0 saturated heterocycles. The van der Waals surface area contributed by atoms with Crippen LogP contribution in [0.5, 0.6) is 5.75 Å². The van der Waals surface area contributed by atoms with Crippen molar-refractivity contribution in [3.05, 3.63) is 90.3 Å². The molecule has 0 spiro atoms. The van der Waals surface area contributed by atoms with Gasteiger partial charge < -0.3 is 25.6 Å². The smallest absolute Gasteiger partial charge is 0.272 e. The summed E-state index contributed by atoms with van der Waals surface area (Å²) in [6.45, 7) is 0. The first kappa shape index (κ1) is 23.0. The molecular formula is C27H22N8O3. The Bertz CT molecular complexity index is 1840. The molecule has 3 N–H and O–H groups in total. The largest absolute Gasteiger partial charge is 0.619 e. The molecule has 0 unspecified atom stereocenters. The van der Waals surface area contributed by atoms with Gasteiger partial charge in [-0.15, -0.1) is 0 Å². The summed E-state index contributed by atoms with van der Waals surface area (Å²) in [6.07, 6.45) is 4.12. The van der Waals surface area contributed by atoms with Crippen LogP contribution in [0, 0.1) is 5.21 Å². The van der Waals surface area contributed by atoms with E-state index in [1.54, 1.807) is 28.9 Å². The summed E-state index contributed by atoms with van der Waals surface area (Å²) < 4.78 is 9.77. The van der Waals surface area contributed by atoms with Crippen LogP contribution >= 0.6 is 0 Å². The van der Waals surface area contributed by atoms with Crippen molar-refractivity contribution in [1.29, 1.82) is 0 Å². The molecule has 0 aliphatic heterocycles. The Balaban J connectivity index is 1.40. The van der Waals surface area contributed by atoms with Gasteiger partial charge in [0, 0.05) is 35.6 Å². The number of amides is 1. The Kier molecular flexibility index (Phi) is 5.38. The maximum atomic E-state index is 13.2. The van der Waals surface area contributed by atoms with Crippen LogP contribution < -0.4 is 20.5 Å². The van der Waals surface area contributed by atoms with Gasteiger partial charge in [0.15, 0.2) is 18.0 Å². The fourth-order valence-electron chi connectivity index (χ4n) is 4.54. The van der Waals surface area contributed by atoms with E-state index < -0.39 is 0 Å². The summed E-state index contributed by atoms with van der Waals surface area (Å²) >= 11 is 0. The number of nitrogens with one attached hydrogen (secondary N) is 1. The summed E-state index contributed by atoms with van der Waals surface area (Å²) in [5.41, 5.74) is 10.6. The quantitative estimate of drug-likeness (QED) is 0.270. The number of methoxy groups -OCH3 is 1. The number of hydrogen-bond acceptors (Lipinski definition) is 7. The third-order valence-corrected chi connectivity index (χ3v) is 6.43. The van der Waals surface area contributed by atoms with Gasteiger partial charge in [-0.05, 0) is 24.3 Å². The normalized spacial score (nSPS) is 11.2. The van der Waals surface area contributed by atoms with Crippen molar-refractivity contribution in [2.45, 2.75) is 0 Å². The maximum absolute atomic E-state index is 13.2. The van der Waals surface area contributed by atoms with Crippen LogP contribution in [0.3, 0.4) is 0 Å². The van der Waals surface area contributed by atoms with Gasteiger partial charge in [-0.3, -0.25) is 4.79 Å². The molecule has 0 saturated carbocycles. The number of pyridine rings is 1. The van der Waals surface area contributed by atoms with Crippen molar-refractivity contribution >= 4 is 39.3 Å². The first-order valence-electron chi connectivity index (χ1n) is 11.7. The van der Waals surface area contributed by atoms with Crippen molar-refractivity contribution in [3.8, 4) is 22.7 Å². The monoisotopic (exact) mass is 506 g/mol. The predicted molar refractivity (Wildman–Crippen MR) is 143 cm³/mol. The van der Waals surface area contributed by atoms with Crippen LogP contribution in [0.4, 0.5) is 11.5 Å². The van der Waals surface area contributed by atoms with Gasteiger partial charge in [0.1, 0.15) is 29.3 Å². The number of aryl methyl sites for hydroxylation is 1. The number of ether oxygens (including phenoxy) is 1. The minimum Gasteiger partial charge on any atom is -0.619 e. The van der Waals surface area contributed by atoms with Crippen LogP contribution in [-0.2, 0) is 7.05 Å². The Morgan fingerprint density at radius 3 is 2.63 bits per heavy atom. The number of carbonyl (C=O) groups excluding carboxylic acids is 1. The summed E-state index contributed by atoms with van der Waals surface area (Å²) in [4.78, 5) is 21.7. The molecule has 6 rings (SSSR count). The van der Waals surface area contributed by atoms with Gasteiger partial charge in [-0.2, -0.15) is 9.83 Å². The fourth-order valence-corrected chi connectivity index (χ4v) is 4.54. The average Bonchev–Trinajstić information content (AvgIpc) is 3.49. The second kappa shape index (κ2) is 8.89. The number of rotatable bonds is 5. The molecule has 0 bridgehead atoms. The molecule has 11 heteroatoms. The standard InChI is InChI=1S/C27H22N8O3/c1-33-20-6-4-3-5-16(20)13-21(33)27(36)31-19-8-7-17(14-22(19)38-2)24-23-25(28)29-15-30-26(23)35(32-24)18-9-11-34(37)12-10-18/h3-15H,1-2H3,(H,31,36)(H2,28,29,30). The number of nitrogens with two attached hydrogens (primary N) is 1. The predicted octanol–water partition coefficient (Wildman–Crippen LogP) is 3.45. The molecule has 0 aliphatic rings. The van der Waals surface area contributed by atoms with Gasteiger partial charge in [0.2, 0.25) is 0 Å². The zero-order chi connectivity index (χ0) is 26.4. The molecule has 0 aliphatic carbocycles. The highest BCUT2D eigenvalue weighted by molar-refractivity contribution is 6.07. The number of nitrogen functional groups attached to an aromatic ring is 1. The summed E-state index contributed by atoms with van der Waals surface area (Å²) in [5, 5.41) is 20.8. The van der Waals surface area contributed by atoms with Gasteiger partial charge in [-0.25, -0.2) is 14.6 Å². The van der Waals surface area contributed by atoms with Crippen LogP contribution in [0.15, 0.2) is 79.4 Å². The number of fused-ring (bicyclic) bond motifs is 2. The molecule has 11 nitrogen and oxygen atoms in total. The molecule has 38 heavy (non-hydrogen) atoms. The Morgan fingerprint density at radius 2 is 1.87 bits per heavy atom. The van der Waals surface area contributed by atoms with Gasteiger partial charge in [-0.1, -0.05) is 24.3 Å². The molecule has 4 aromatic heterocycles. The molecule has 0 radical (unpaired) electrons.